The second-order valence-corrected chi connectivity index (χ2v) is 27.2. The summed E-state index contributed by atoms with van der Waals surface area (Å²) >= 11 is 0. The molecule has 0 aromatic rings. The van der Waals surface area contributed by atoms with Crippen molar-refractivity contribution < 1.29 is 0 Å². The number of nitrogens with one attached hydrogen (secondary N) is 1. The third kappa shape index (κ3) is 5.02. The Hall–Kier alpha value is 0.820. The summed E-state index contributed by atoms with van der Waals surface area (Å²) in [4.78, 5) is 0. The first-order chi connectivity index (χ1) is 23.1. The molecule has 16 rings (SSSR count). The summed E-state index contributed by atoms with van der Waals surface area (Å²) in [7, 11) is 0.420. The number of hydrogen-bond acceptors (Lipinski definition) is 1. The van der Waals surface area contributed by atoms with Gasteiger partial charge in [-0.2, -0.15) is 0 Å². The SMILES string of the molecule is C(CP(C1C2CC3CC(C2)CC1C3)C1C2CC3CC(C2)CC1C3)NCCP(C1C2CC3CC(C2)CC1C3)C1C2CC3CC(C2)CC1C3. The molecule has 16 aliphatic rings. The van der Waals surface area contributed by atoms with E-state index in [1.165, 1.54) is 35.7 Å². The molecule has 0 radical (unpaired) electrons. The van der Waals surface area contributed by atoms with Crippen LogP contribution >= 0.6 is 15.8 Å². The molecule has 47 heavy (non-hydrogen) atoms. The second kappa shape index (κ2) is 11.7. The molecular formula is C44H69NP2. The summed E-state index contributed by atoms with van der Waals surface area (Å²) < 4.78 is 0. The van der Waals surface area contributed by atoms with Crippen molar-refractivity contribution in [3.63, 3.8) is 0 Å². The molecule has 16 saturated carbocycles. The van der Waals surface area contributed by atoms with Gasteiger partial charge in [-0.05, 0) is 271 Å². The molecule has 0 spiro atoms. The first-order valence-corrected chi connectivity index (χ1v) is 25.7. The first-order valence-electron chi connectivity index (χ1n) is 22.4. The van der Waals surface area contributed by atoms with Gasteiger partial charge in [0, 0.05) is 0 Å². The minimum atomic E-state index is 0.210. The number of rotatable bonds is 10. The predicted molar refractivity (Wildman–Crippen MR) is 200 cm³/mol. The molecule has 0 aliphatic heterocycles. The van der Waals surface area contributed by atoms with Crippen LogP contribution in [0, 0.1) is 94.7 Å². The van der Waals surface area contributed by atoms with Gasteiger partial charge in [-0.1, -0.05) is 15.8 Å². The summed E-state index contributed by atoms with van der Waals surface area (Å²) in [5.41, 5.74) is 4.78. The van der Waals surface area contributed by atoms with Gasteiger partial charge in [-0.25, -0.2) is 0 Å². The minimum Gasteiger partial charge on any atom is -0.316 e. The lowest BCUT2D eigenvalue weighted by molar-refractivity contribution is 0.0129. The molecule has 0 atom stereocenters. The van der Waals surface area contributed by atoms with Crippen LogP contribution < -0.4 is 5.32 Å². The van der Waals surface area contributed by atoms with E-state index in [1.807, 2.05) is 0 Å². The van der Waals surface area contributed by atoms with E-state index in [0.29, 0.717) is 0 Å². The van der Waals surface area contributed by atoms with Gasteiger partial charge in [0.1, 0.15) is 0 Å². The maximum Gasteiger partial charge on any atom is -0.000916 e. The van der Waals surface area contributed by atoms with Crippen LogP contribution in [-0.2, 0) is 0 Å². The van der Waals surface area contributed by atoms with Crippen LogP contribution in [0.3, 0.4) is 0 Å². The predicted octanol–water partition coefficient (Wildman–Crippen LogP) is 10.8. The van der Waals surface area contributed by atoms with Gasteiger partial charge in [0.25, 0.3) is 0 Å². The van der Waals surface area contributed by atoms with Gasteiger partial charge in [0.15, 0.2) is 0 Å². The molecule has 16 bridgehead atoms. The lowest BCUT2D eigenvalue weighted by atomic mass is 9.55. The number of hydrogen-bond donors (Lipinski definition) is 1. The lowest BCUT2D eigenvalue weighted by Crippen LogP contribution is -2.53. The first kappa shape index (κ1) is 30.3. The van der Waals surface area contributed by atoms with Crippen molar-refractivity contribution in [1.29, 1.82) is 0 Å². The summed E-state index contributed by atoms with van der Waals surface area (Å²) in [6.07, 6.45) is 36.4. The van der Waals surface area contributed by atoms with Crippen LogP contribution in [0.1, 0.15) is 128 Å². The Morgan fingerprint density at radius 2 is 0.468 bits per heavy atom. The molecule has 16 aliphatic carbocycles. The molecule has 0 aromatic heterocycles. The summed E-state index contributed by atoms with van der Waals surface area (Å²) in [5.74, 6) is 18.5. The van der Waals surface area contributed by atoms with E-state index in [1.54, 1.807) is 141 Å². The zero-order chi connectivity index (χ0) is 30.4. The average molecular weight is 674 g/mol. The van der Waals surface area contributed by atoms with Crippen LogP contribution in [0.25, 0.3) is 0 Å². The third-order valence-electron chi connectivity index (χ3n) is 19.3. The molecule has 0 heterocycles. The smallest absolute Gasteiger partial charge is 0.000916 e. The molecule has 260 valence electrons. The van der Waals surface area contributed by atoms with E-state index < -0.39 is 0 Å². The van der Waals surface area contributed by atoms with Crippen LogP contribution in [0.2, 0.25) is 0 Å². The van der Waals surface area contributed by atoms with Gasteiger partial charge in [-0.3, -0.25) is 0 Å². The highest BCUT2D eigenvalue weighted by atomic mass is 31.1. The van der Waals surface area contributed by atoms with E-state index in [0.717, 1.165) is 94.7 Å². The van der Waals surface area contributed by atoms with Crippen molar-refractivity contribution >= 4 is 15.8 Å². The fourth-order valence-corrected chi connectivity index (χ4v) is 28.4. The molecule has 3 heteroatoms. The quantitative estimate of drug-likeness (QED) is 0.180. The van der Waals surface area contributed by atoms with Crippen LogP contribution in [0.15, 0.2) is 0 Å². The maximum atomic E-state index is 4.37. The van der Waals surface area contributed by atoms with Crippen LogP contribution in [0.4, 0.5) is 0 Å². The molecule has 16 fully saturated rings. The molecule has 1 N–H and O–H groups in total. The Labute approximate surface area is 291 Å². The van der Waals surface area contributed by atoms with Crippen molar-refractivity contribution in [3.05, 3.63) is 0 Å². The van der Waals surface area contributed by atoms with E-state index >= 15 is 0 Å². The minimum absolute atomic E-state index is 0.210. The Balaban J connectivity index is 0.770. The highest BCUT2D eigenvalue weighted by molar-refractivity contribution is 7.59. The van der Waals surface area contributed by atoms with E-state index in [4.69, 9.17) is 0 Å². The monoisotopic (exact) mass is 673 g/mol. The highest BCUT2D eigenvalue weighted by Gasteiger charge is 2.58. The van der Waals surface area contributed by atoms with Crippen LogP contribution in [-0.4, -0.2) is 48.0 Å². The fraction of sp³-hybridized carbons (Fsp3) is 1.00. The van der Waals surface area contributed by atoms with E-state index in [2.05, 4.69) is 5.32 Å². The molecule has 1 nitrogen and oxygen atoms in total. The van der Waals surface area contributed by atoms with Gasteiger partial charge >= 0.3 is 0 Å². The highest BCUT2D eigenvalue weighted by Crippen LogP contribution is 2.72. The summed E-state index contributed by atoms with van der Waals surface area (Å²) in [5, 5.41) is 4.37. The molecule has 0 unspecified atom stereocenters. The Bertz CT molecular complexity index is 909. The topological polar surface area (TPSA) is 12.0 Å². The zero-order valence-corrected chi connectivity index (χ0v) is 31.7. The van der Waals surface area contributed by atoms with Crippen molar-refractivity contribution in [3.8, 4) is 0 Å². The fourth-order valence-electron chi connectivity index (χ4n) is 19.3. The molecule has 0 aromatic carbocycles. The van der Waals surface area contributed by atoms with Crippen LogP contribution in [0.5, 0.6) is 0 Å². The largest absolute Gasteiger partial charge is 0.316 e. The van der Waals surface area contributed by atoms with Crippen molar-refractivity contribution in [2.24, 2.45) is 94.7 Å². The zero-order valence-electron chi connectivity index (χ0n) is 29.9. The van der Waals surface area contributed by atoms with Crippen molar-refractivity contribution in [1.82, 2.24) is 5.32 Å². The summed E-state index contributed by atoms with van der Waals surface area (Å²) in [6.45, 7) is 2.81. The normalized spacial score (nSPS) is 59.7. The van der Waals surface area contributed by atoms with Gasteiger partial charge < -0.3 is 5.32 Å². The average Bonchev–Trinajstić information content (AvgIpc) is 3.02. The molecule has 0 amide bonds. The Kier molecular flexibility index (Phi) is 7.52. The Morgan fingerprint density at radius 1 is 0.277 bits per heavy atom. The third-order valence-corrected chi connectivity index (χ3v) is 27.2. The standard InChI is InChI=1S/C44H69NP2/c1(3-46(41-33-9-25-5-26(11-33)12-34(41)10-25)42-35-13-27-6-28(15-35)16-36(42)14-27)45-2-4-47(43-37-17-29-7-30(19-37)20-38(43)18-29)44-39-21-31-8-32(23-39)24-40(44)22-31/h25-45H,1-24H2. The van der Waals surface area contributed by atoms with E-state index in [-0.39, 0.29) is 15.8 Å². The maximum absolute atomic E-state index is 4.37. The van der Waals surface area contributed by atoms with Gasteiger partial charge in [0.05, 0.1) is 0 Å². The Morgan fingerprint density at radius 3 is 0.660 bits per heavy atom. The molecular weight excluding hydrogens is 604 g/mol. The van der Waals surface area contributed by atoms with Crippen molar-refractivity contribution in [2.45, 2.75) is 151 Å². The lowest BCUT2D eigenvalue weighted by Gasteiger charge is -2.62. The molecule has 0 saturated heterocycles. The summed E-state index contributed by atoms with van der Waals surface area (Å²) in [6, 6.07) is 0. The van der Waals surface area contributed by atoms with Gasteiger partial charge in [0.2, 0.25) is 0 Å². The van der Waals surface area contributed by atoms with E-state index in [9.17, 15) is 0 Å². The second-order valence-electron chi connectivity index (χ2n) is 21.9. The van der Waals surface area contributed by atoms with Crippen molar-refractivity contribution in [2.75, 3.05) is 25.4 Å². The van der Waals surface area contributed by atoms with Gasteiger partial charge in [-0.15, -0.1) is 0 Å².